The molecule has 3 aromatic carbocycles. The fraction of sp³-hybridized carbons (Fsp3) is 0.611. The van der Waals surface area contributed by atoms with Crippen LogP contribution in [0.15, 0.2) is 109 Å². The number of carbonyl (C=O) groups is 4. The fourth-order valence-corrected chi connectivity index (χ4v) is 14.7. The number of carbonyl (C=O) groups excluding carboxylic acids is 3. The van der Waals surface area contributed by atoms with Crippen molar-refractivity contribution in [3.8, 4) is 0 Å². The van der Waals surface area contributed by atoms with Crippen molar-refractivity contribution in [2.45, 2.75) is 233 Å². The number of para-hydroxylation sites is 2. The molecule has 5 heterocycles. The lowest BCUT2D eigenvalue weighted by Gasteiger charge is -2.48. The molecule has 0 bridgehead atoms. The van der Waals surface area contributed by atoms with Crippen LogP contribution in [-0.4, -0.2) is 223 Å². The Morgan fingerprint density at radius 1 is 0.564 bits per heavy atom. The first-order valence-electron chi connectivity index (χ1n) is 34.7. The number of hydrogen-bond donors (Lipinski definition) is 11. The summed E-state index contributed by atoms with van der Waals surface area (Å²) >= 11 is 0. The Balaban J connectivity index is 0.797. The van der Waals surface area contributed by atoms with E-state index in [2.05, 4.69) is 5.32 Å². The number of aliphatic hydroxyl groups is 9. The molecule has 0 radical (unpaired) electrons. The summed E-state index contributed by atoms with van der Waals surface area (Å²) in [7, 11) is 0. The number of Topliss-reactive ketones (excluding diaryl/α,β-unsaturated/α-hetero) is 1. The normalized spacial score (nSPS) is 34.5. The van der Waals surface area contributed by atoms with E-state index in [0.29, 0.717) is 21.9 Å². The summed E-state index contributed by atoms with van der Waals surface area (Å²) in [4.78, 5) is 82.3. The number of amides is 1. The third-order valence-corrected chi connectivity index (χ3v) is 20.4. The molecule has 3 saturated heterocycles. The highest BCUT2D eigenvalue weighted by Crippen LogP contribution is 2.41. The van der Waals surface area contributed by atoms with Crippen molar-refractivity contribution in [1.82, 2.24) is 5.32 Å². The van der Waals surface area contributed by atoms with Gasteiger partial charge in [0.15, 0.2) is 31.1 Å². The standard InChI is InChI=1S/C72H91NO28/c1-35-24-41(28-50(61(35)101-70-59(82)58(81)54(77)36(2)92-70)97-72-64(100-67(87)38-16-7-4-8-17-38)63(57(80)53(32-75)99-72)93-51(66(85)86)25-37-14-5-3-6-15-37)45(76)20-13-23-73-65(84)42-29-48(90-33-43-26-39-18-9-11-21-46(39)94-68(43)88)55(78)49(30-42)96-71-60(83)62(56(79)52(31-74)98-71)91-34-44-27-40-19-10-12-22-47(40)95-69(44)89/h4,7-12,16-19,21-22,26-27,35-37,41-42,48-64,70-72,74-75,77-83H,3,5-6,13-15,20,23-25,28-34H2,1-2H3,(H,73,84)(H,85,86)/t35-,36?,41?,42+,48?,49-,50-,51+,52?,53+,54-,55?,56+,57+,58+,59?,60?,61?,62-,63?,64?,70+,71-,72-/m1/s1. The topological polar surface area (TPSA) is 435 Å². The zero-order chi connectivity index (χ0) is 71.8. The van der Waals surface area contributed by atoms with Gasteiger partial charge in [-0.3, -0.25) is 9.59 Å². The first-order valence-corrected chi connectivity index (χ1v) is 34.7. The summed E-state index contributed by atoms with van der Waals surface area (Å²) in [6, 6.07) is 24.4. The number of nitrogens with one attached hydrogen (secondary N) is 1. The Hall–Kier alpha value is -6.56. The van der Waals surface area contributed by atoms with E-state index in [4.69, 9.17) is 56.2 Å². The maximum Gasteiger partial charge on any atom is 0.341 e. The number of fused-ring (bicyclic) bond motifs is 2. The molecule has 0 spiro atoms. The molecular formula is C72H91NO28. The minimum atomic E-state index is -1.82. The second kappa shape index (κ2) is 34.4. The van der Waals surface area contributed by atoms with Gasteiger partial charge in [-0.05, 0) is 93.7 Å². The number of carboxylic acids is 1. The summed E-state index contributed by atoms with van der Waals surface area (Å²) < 4.78 is 73.0. The number of aliphatic carboxylic acids is 1. The molecule has 3 aliphatic heterocycles. The van der Waals surface area contributed by atoms with Gasteiger partial charge < -0.3 is 113 Å². The molecule has 1 amide bonds. The van der Waals surface area contributed by atoms with Crippen LogP contribution in [0.5, 0.6) is 0 Å². The van der Waals surface area contributed by atoms with Crippen molar-refractivity contribution in [2.75, 3.05) is 19.8 Å². The Bertz CT molecular complexity index is 3700. The zero-order valence-corrected chi connectivity index (χ0v) is 55.9. The van der Waals surface area contributed by atoms with Gasteiger partial charge in [-0.15, -0.1) is 0 Å². The summed E-state index contributed by atoms with van der Waals surface area (Å²) in [5, 5.41) is 115. The van der Waals surface area contributed by atoms with Gasteiger partial charge in [0.25, 0.3) is 0 Å². The van der Waals surface area contributed by atoms with E-state index in [1.54, 1.807) is 79.7 Å². The van der Waals surface area contributed by atoms with Gasteiger partial charge in [0.1, 0.15) is 84.1 Å². The van der Waals surface area contributed by atoms with Gasteiger partial charge in [0, 0.05) is 35.6 Å². The van der Waals surface area contributed by atoms with Crippen LogP contribution < -0.4 is 16.6 Å². The Morgan fingerprint density at radius 2 is 1.14 bits per heavy atom. The van der Waals surface area contributed by atoms with Crippen molar-refractivity contribution in [2.24, 2.45) is 23.7 Å². The number of benzene rings is 3. The van der Waals surface area contributed by atoms with Crippen LogP contribution in [0.3, 0.4) is 0 Å². The fourth-order valence-electron chi connectivity index (χ4n) is 14.7. The average Bonchev–Trinajstić information content (AvgIpc) is 0.780. The van der Waals surface area contributed by atoms with Gasteiger partial charge in [0.2, 0.25) is 5.91 Å². The highest BCUT2D eigenvalue weighted by Gasteiger charge is 2.55. The third kappa shape index (κ3) is 18.0. The molecule has 29 heteroatoms. The maximum atomic E-state index is 14.6. The van der Waals surface area contributed by atoms with E-state index < -0.39 is 195 Å². The SMILES string of the molecule is CC1O[C@@H](OC2[C@H](C)CC(C(=O)CCCNC(=O)[C@H]3CC(OCc4cc5ccccc5oc4=O)C(O)[C@H](O[C@@H]4OC(CO)[C@H](O)[C@@H](OCc5cc6ccccc6oc5=O)C4O)C3)C[C@H]2O[C@@H]2O[C@@H](CO)[C@H](O)C(O[C@@H](CC3CCCCC3)C(=O)O)C2OC(=O)c2ccccc2)C(O)[C@@H](O)[C@@H]1O. The lowest BCUT2D eigenvalue weighted by molar-refractivity contribution is -0.349. The summed E-state index contributed by atoms with van der Waals surface area (Å²) in [5.41, 5.74) is -0.597. The molecule has 6 fully saturated rings. The maximum absolute atomic E-state index is 14.6. The number of rotatable bonds is 27. The third-order valence-electron chi connectivity index (χ3n) is 20.4. The van der Waals surface area contributed by atoms with Crippen LogP contribution in [0.4, 0.5) is 0 Å². The first-order chi connectivity index (χ1) is 48.6. The number of aliphatic hydroxyl groups excluding tert-OH is 9. The number of ether oxygens (including phenoxy) is 10. The minimum absolute atomic E-state index is 0.0348. The zero-order valence-electron chi connectivity index (χ0n) is 55.9. The van der Waals surface area contributed by atoms with Crippen LogP contribution in [0.25, 0.3) is 21.9 Å². The second-order valence-electron chi connectivity index (χ2n) is 27.4. The molecule has 552 valence electrons. The molecule has 11 rings (SSSR count). The van der Waals surface area contributed by atoms with E-state index in [0.717, 1.165) is 32.1 Å². The molecule has 2 aromatic heterocycles. The summed E-state index contributed by atoms with van der Waals surface area (Å²) in [6.45, 7) is 0.653. The van der Waals surface area contributed by atoms with Crippen molar-refractivity contribution < 1.29 is 126 Å². The molecule has 24 atom stereocenters. The van der Waals surface area contributed by atoms with E-state index in [-0.39, 0.29) is 86.5 Å². The van der Waals surface area contributed by atoms with Crippen LogP contribution in [0, 0.1) is 23.7 Å². The molecule has 6 aliphatic rings. The van der Waals surface area contributed by atoms with Crippen LogP contribution in [0.2, 0.25) is 0 Å². The first kappa shape index (κ1) is 75.6. The van der Waals surface area contributed by atoms with Gasteiger partial charge in [-0.1, -0.05) is 93.6 Å². The molecule has 3 aliphatic carbocycles. The summed E-state index contributed by atoms with van der Waals surface area (Å²) in [6.07, 6.45) is -28.4. The predicted molar refractivity (Wildman–Crippen MR) is 350 cm³/mol. The number of hydrogen-bond acceptors (Lipinski definition) is 27. The monoisotopic (exact) mass is 1420 g/mol. The predicted octanol–water partition coefficient (Wildman–Crippen LogP) is 2.19. The second-order valence-corrected chi connectivity index (χ2v) is 27.4. The lowest BCUT2D eigenvalue weighted by Crippen LogP contribution is -2.64. The summed E-state index contributed by atoms with van der Waals surface area (Å²) in [5.74, 6) is -5.66. The van der Waals surface area contributed by atoms with Gasteiger partial charge in [-0.2, -0.15) is 0 Å². The van der Waals surface area contributed by atoms with Crippen LogP contribution in [-0.2, 0) is 75.0 Å². The molecule has 11 N–H and O–H groups in total. The van der Waals surface area contributed by atoms with Gasteiger partial charge >= 0.3 is 23.2 Å². The van der Waals surface area contributed by atoms with Crippen molar-refractivity contribution in [3.63, 3.8) is 0 Å². The molecule has 29 nitrogen and oxygen atoms in total. The van der Waals surface area contributed by atoms with E-state index in [1.807, 2.05) is 0 Å². The van der Waals surface area contributed by atoms with E-state index in [1.165, 1.54) is 25.1 Å². The number of esters is 1. The highest BCUT2D eigenvalue weighted by molar-refractivity contribution is 5.89. The Kier molecular flexibility index (Phi) is 25.7. The van der Waals surface area contributed by atoms with Gasteiger partial charge in [-0.25, -0.2) is 19.2 Å². The Labute approximate surface area is 580 Å². The average molecular weight is 1420 g/mol. The molecule has 101 heavy (non-hydrogen) atoms. The molecule has 5 aromatic rings. The molecule has 3 saturated carbocycles. The van der Waals surface area contributed by atoms with E-state index in [9.17, 15) is 79.8 Å². The lowest BCUT2D eigenvalue weighted by atomic mass is 9.75. The smallest absolute Gasteiger partial charge is 0.341 e. The van der Waals surface area contributed by atoms with Crippen LogP contribution >= 0.6 is 0 Å². The molecular weight excluding hydrogens is 1330 g/mol. The van der Waals surface area contributed by atoms with Crippen molar-refractivity contribution >= 4 is 45.6 Å². The molecule has 10 unspecified atom stereocenters. The Morgan fingerprint density at radius 3 is 1.78 bits per heavy atom. The van der Waals surface area contributed by atoms with Gasteiger partial charge in [0.05, 0.1) is 73.6 Å². The number of ketones is 1. The highest BCUT2D eigenvalue weighted by atomic mass is 16.8. The quantitative estimate of drug-likeness (QED) is 0.0204. The number of carboxylic acid groups (broad SMARTS) is 1. The van der Waals surface area contributed by atoms with Crippen LogP contribution in [0.1, 0.15) is 112 Å². The van der Waals surface area contributed by atoms with E-state index >= 15 is 0 Å². The largest absolute Gasteiger partial charge is 0.479 e. The van der Waals surface area contributed by atoms with Crippen molar-refractivity contribution in [1.29, 1.82) is 0 Å². The minimum Gasteiger partial charge on any atom is -0.479 e. The van der Waals surface area contributed by atoms with Crippen molar-refractivity contribution in [3.05, 3.63) is 129 Å².